The van der Waals surface area contributed by atoms with Crippen LogP contribution in [0.5, 0.6) is 5.75 Å². The molecule has 0 bridgehead atoms. The number of halogens is 2. The van der Waals surface area contributed by atoms with Crippen LogP contribution in [0.25, 0.3) is 43.9 Å². The molecule has 2 aromatic carbocycles. The molecule has 1 saturated heterocycles. The summed E-state index contributed by atoms with van der Waals surface area (Å²) in [4.78, 5) is 21.9. The highest BCUT2D eigenvalue weighted by molar-refractivity contribution is 7.18. The number of rotatable bonds is 9. The number of methoxy groups -OCH3 is 1. The molecule has 2 aliphatic heterocycles. The topological polar surface area (TPSA) is 72.7 Å². The lowest BCUT2D eigenvalue weighted by Gasteiger charge is -2.36. The molecule has 0 radical (unpaired) electrons. The third kappa shape index (κ3) is 5.62. The van der Waals surface area contributed by atoms with Crippen LogP contribution in [-0.4, -0.2) is 77.5 Å². The Hall–Kier alpha value is -4.45. The van der Waals surface area contributed by atoms with Crippen LogP contribution in [0.15, 0.2) is 66.6 Å². The van der Waals surface area contributed by atoms with Crippen molar-refractivity contribution < 1.29 is 23.0 Å². The molecule has 2 aliphatic rings. The van der Waals surface area contributed by atoms with E-state index in [9.17, 15) is 9.18 Å². The lowest BCUT2D eigenvalue weighted by atomic mass is 9.90. The Balaban J connectivity index is 1.44. The highest BCUT2D eigenvalue weighted by Gasteiger charge is 2.31. The van der Waals surface area contributed by atoms with Gasteiger partial charge in [-0.2, -0.15) is 5.10 Å². The first kappa shape index (κ1) is 31.2. The second-order valence-corrected chi connectivity index (χ2v) is 13.0. The van der Waals surface area contributed by atoms with Crippen molar-refractivity contribution in [3.8, 4) is 39.5 Å². The van der Waals surface area contributed by atoms with Crippen molar-refractivity contribution in [3.63, 3.8) is 0 Å². The van der Waals surface area contributed by atoms with Gasteiger partial charge in [-0.3, -0.25) is 9.48 Å². The first-order valence-electron chi connectivity index (χ1n) is 15.6. The van der Waals surface area contributed by atoms with E-state index in [4.69, 9.17) is 19.6 Å². The van der Waals surface area contributed by atoms with E-state index in [1.807, 2.05) is 29.1 Å². The first-order chi connectivity index (χ1) is 22.8. The number of thiophene rings is 1. The minimum atomic E-state index is -0.766. The molecular weight excluding hydrogens is 620 g/mol. The summed E-state index contributed by atoms with van der Waals surface area (Å²) >= 11 is 1.46. The van der Waals surface area contributed by atoms with Crippen LogP contribution in [0.2, 0.25) is 0 Å². The fourth-order valence-corrected chi connectivity index (χ4v) is 7.61. The van der Waals surface area contributed by atoms with Gasteiger partial charge in [0, 0.05) is 66.0 Å². The van der Waals surface area contributed by atoms with Crippen molar-refractivity contribution in [1.29, 1.82) is 0 Å². The van der Waals surface area contributed by atoms with Crippen molar-refractivity contribution >= 4 is 27.3 Å². The third-order valence-corrected chi connectivity index (χ3v) is 10.0. The highest BCUT2D eigenvalue weighted by Crippen LogP contribution is 2.47. The SMILES string of the molecule is C=CC(=O)N1CCn2nc(-c3nc(-c4ccc(C5CN(C)C5)cc4)c4ccsc4c3-c3c(F)cc(F)cc3OCCOC)cc2C1C. The predicted octanol–water partition coefficient (Wildman–Crippen LogP) is 6.92. The Bertz CT molecular complexity index is 1980. The molecule has 1 unspecified atom stereocenters. The van der Waals surface area contributed by atoms with E-state index in [2.05, 4.69) is 42.8 Å². The van der Waals surface area contributed by atoms with Crippen LogP contribution in [0.4, 0.5) is 8.78 Å². The molecule has 47 heavy (non-hydrogen) atoms. The average Bonchev–Trinajstić information content (AvgIpc) is 3.71. The lowest BCUT2D eigenvalue weighted by Crippen LogP contribution is -2.41. The normalized spacial score (nSPS) is 16.7. The Morgan fingerprint density at radius 2 is 1.85 bits per heavy atom. The van der Waals surface area contributed by atoms with Crippen LogP contribution < -0.4 is 4.74 Å². The Labute approximate surface area is 275 Å². The number of aromatic nitrogens is 3. The summed E-state index contributed by atoms with van der Waals surface area (Å²) in [7, 11) is 3.65. The zero-order chi connectivity index (χ0) is 32.8. The van der Waals surface area contributed by atoms with E-state index < -0.39 is 11.6 Å². The molecule has 0 saturated carbocycles. The van der Waals surface area contributed by atoms with Gasteiger partial charge in [0.1, 0.15) is 35.4 Å². The number of pyridine rings is 1. The maximum Gasteiger partial charge on any atom is 0.246 e. The van der Waals surface area contributed by atoms with Gasteiger partial charge in [-0.15, -0.1) is 11.3 Å². The summed E-state index contributed by atoms with van der Waals surface area (Å²) in [5, 5.41) is 7.75. The van der Waals surface area contributed by atoms with Crippen molar-refractivity contribution in [3.05, 3.63) is 89.5 Å². The smallest absolute Gasteiger partial charge is 0.246 e. The molecular formula is C36H35F2N5O3S. The van der Waals surface area contributed by atoms with E-state index in [1.165, 1.54) is 36.2 Å². The number of amides is 1. The quantitative estimate of drug-likeness (QED) is 0.127. The highest BCUT2D eigenvalue weighted by atomic mass is 32.1. The van der Waals surface area contributed by atoms with Crippen LogP contribution in [0.3, 0.4) is 0 Å². The molecule has 3 aromatic heterocycles. The molecule has 1 amide bonds. The zero-order valence-corrected chi connectivity index (χ0v) is 27.3. The Morgan fingerprint density at radius 1 is 1.06 bits per heavy atom. The molecule has 5 heterocycles. The summed E-state index contributed by atoms with van der Waals surface area (Å²) in [6.45, 7) is 8.97. The van der Waals surface area contributed by atoms with Gasteiger partial charge in [-0.05, 0) is 43.1 Å². The molecule has 5 aromatic rings. The molecule has 1 atom stereocenters. The monoisotopic (exact) mass is 655 g/mol. The van der Waals surface area contributed by atoms with Crippen molar-refractivity contribution in [1.82, 2.24) is 24.6 Å². The second-order valence-electron chi connectivity index (χ2n) is 12.1. The van der Waals surface area contributed by atoms with Crippen LogP contribution >= 0.6 is 11.3 Å². The number of carbonyl (C=O) groups is 1. The summed E-state index contributed by atoms with van der Waals surface area (Å²) in [6.07, 6.45) is 1.32. The lowest BCUT2D eigenvalue weighted by molar-refractivity contribution is -0.129. The molecule has 0 N–H and O–H groups in total. The first-order valence-corrected chi connectivity index (χ1v) is 16.5. The van der Waals surface area contributed by atoms with Gasteiger partial charge in [0.05, 0.1) is 36.1 Å². The largest absolute Gasteiger partial charge is 0.490 e. The minimum Gasteiger partial charge on any atom is -0.490 e. The van der Waals surface area contributed by atoms with Crippen LogP contribution in [0, 0.1) is 11.6 Å². The maximum atomic E-state index is 16.1. The Kier molecular flexibility index (Phi) is 8.37. The number of likely N-dealkylation sites (tertiary alicyclic amines) is 1. The van der Waals surface area contributed by atoms with E-state index >= 15 is 4.39 Å². The van der Waals surface area contributed by atoms with E-state index in [1.54, 1.807) is 4.90 Å². The van der Waals surface area contributed by atoms with E-state index in [0.29, 0.717) is 36.0 Å². The van der Waals surface area contributed by atoms with Gasteiger partial charge in [-0.25, -0.2) is 13.8 Å². The number of benzene rings is 2. The number of ether oxygens (including phenoxy) is 2. The maximum absolute atomic E-state index is 16.1. The van der Waals surface area contributed by atoms with Crippen molar-refractivity contribution in [2.24, 2.45) is 0 Å². The number of hydrogen-bond donors (Lipinski definition) is 0. The van der Waals surface area contributed by atoms with Gasteiger partial charge < -0.3 is 19.3 Å². The van der Waals surface area contributed by atoms with E-state index in [0.717, 1.165) is 46.2 Å². The minimum absolute atomic E-state index is 0.0555. The van der Waals surface area contributed by atoms with Crippen LogP contribution in [-0.2, 0) is 16.1 Å². The predicted molar refractivity (Wildman–Crippen MR) is 180 cm³/mol. The summed E-state index contributed by atoms with van der Waals surface area (Å²) < 4.78 is 44.4. The molecule has 242 valence electrons. The zero-order valence-electron chi connectivity index (χ0n) is 26.5. The van der Waals surface area contributed by atoms with Gasteiger partial charge in [0.15, 0.2) is 0 Å². The van der Waals surface area contributed by atoms with Crippen molar-refractivity contribution in [2.45, 2.75) is 25.4 Å². The standard InChI is InChI=1S/C36H35F2N5O3S/c1-5-31(44)42-11-12-43-29(21(42)2)18-28(40-43)35-33(32-27(38)16-25(37)17-30(32)46-14-13-45-4)36-26(10-15-47-36)34(39-35)23-8-6-22(7-9-23)24-19-41(3)20-24/h5-10,15-18,21,24H,1,11-14,19-20H2,2-4H3. The van der Waals surface area contributed by atoms with Crippen LogP contribution in [0.1, 0.15) is 30.1 Å². The van der Waals surface area contributed by atoms with Gasteiger partial charge in [0.2, 0.25) is 5.91 Å². The molecule has 1 fully saturated rings. The average molecular weight is 656 g/mol. The molecule has 0 spiro atoms. The summed E-state index contributed by atoms with van der Waals surface area (Å²) in [5.74, 6) is -1.11. The molecule has 7 rings (SSSR count). The van der Waals surface area contributed by atoms with E-state index in [-0.39, 0.29) is 36.5 Å². The number of hydrogen-bond acceptors (Lipinski definition) is 7. The molecule has 0 aliphatic carbocycles. The fraction of sp³-hybridized carbons (Fsp3) is 0.306. The molecule has 11 heteroatoms. The Morgan fingerprint density at radius 3 is 2.57 bits per heavy atom. The van der Waals surface area contributed by atoms with Gasteiger partial charge in [-0.1, -0.05) is 30.8 Å². The van der Waals surface area contributed by atoms with Gasteiger partial charge in [0.25, 0.3) is 0 Å². The number of fused-ring (bicyclic) bond motifs is 2. The van der Waals surface area contributed by atoms with Gasteiger partial charge >= 0.3 is 0 Å². The molecule has 8 nitrogen and oxygen atoms in total. The third-order valence-electron chi connectivity index (χ3n) is 9.10. The number of nitrogens with zero attached hydrogens (tertiary/aromatic N) is 5. The number of likely N-dealkylation sites (N-methyl/N-ethyl adjacent to an activating group) is 1. The second kappa shape index (κ2) is 12.6. The van der Waals surface area contributed by atoms with Crippen molar-refractivity contribution in [2.75, 3.05) is 47.0 Å². The summed E-state index contributed by atoms with van der Waals surface area (Å²) in [5.41, 5.74) is 5.32. The number of carbonyl (C=O) groups excluding carboxylic acids is 1. The fourth-order valence-electron chi connectivity index (χ4n) is 6.66. The summed E-state index contributed by atoms with van der Waals surface area (Å²) in [6, 6.07) is 14.2.